The smallest absolute Gasteiger partial charge is 0.359 e. The lowest BCUT2D eigenvalue weighted by Gasteiger charge is -2.12. The first kappa shape index (κ1) is 19.9. The van der Waals surface area contributed by atoms with Gasteiger partial charge >= 0.3 is 5.97 Å². The number of benzene rings is 2. The van der Waals surface area contributed by atoms with Crippen LogP contribution in [0.1, 0.15) is 10.5 Å². The molecule has 3 aromatic rings. The van der Waals surface area contributed by atoms with E-state index in [1.807, 2.05) is 0 Å². The number of carbonyl (C=O) groups excluding carboxylic acids is 2. The maximum Gasteiger partial charge on any atom is 0.359 e. The summed E-state index contributed by atoms with van der Waals surface area (Å²) >= 11 is 0. The number of fused-ring (bicyclic) bond motifs is 1. The lowest BCUT2D eigenvalue weighted by molar-refractivity contribution is -0.119. The summed E-state index contributed by atoms with van der Waals surface area (Å²) in [6.45, 7) is -0.535. The minimum atomic E-state index is -0.811. The predicted octanol–water partition coefficient (Wildman–Crippen LogP) is 1.75. The second-order valence-electron chi connectivity index (χ2n) is 6.01. The summed E-state index contributed by atoms with van der Waals surface area (Å²) in [6.07, 6.45) is 0. The lowest BCUT2D eigenvalue weighted by Crippen LogP contribution is -2.26. The molecule has 0 aliphatic rings. The molecule has 1 aromatic heterocycles. The van der Waals surface area contributed by atoms with E-state index in [2.05, 4.69) is 10.4 Å². The van der Waals surface area contributed by atoms with Crippen molar-refractivity contribution in [2.75, 3.05) is 26.1 Å². The van der Waals surface area contributed by atoms with Gasteiger partial charge in [-0.3, -0.25) is 9.59 Å². The fourth-order valence-corrected chi connectivity index (χ4v) is 2.74. The van der Waals surface area contributed by atoms with Crippen molar-refractivity contribution in [3.8, 4) is 11.5 Å². The van der Waals surface area contributed by atoms with Gasteiger partial charge in [-0.05, 0) is 18.2 Å². The zero-order valence-electron chi connectivity index (χ0n) is 16.1. The standard InChI is InChI=1S/C20H19N3O6/c1-23-19(25)14-7-5-4-6-13(14)18(22-23)20(26)29-11-17(24)21-15-9-8-12(27-2)10-16(15)28-3/h4-10H,11H2,1-3H3,(H,21,24). The Hall–Kier alpha value is -3.88. The molecule has 0 fully saturated rings. The molecule has 0 bridgehead atoms. The maximum absolute atomic E-state index is 12.5. The Balaban J connectivity index is 1.73. The highest BCUT2D eigenvalue weighted by Crippen LogP contribution is 2.28. The van der Waals surface area contributed by atoms with Gasteiger partial charge < -0.3 is 19.5 Å². The van der Waals surface area contributed by atoms with Crippen molar-refractivity contribution in [1.82, 2.24) is 9.78 Å². The van der Waals surface area contributed by atoms with Crippen LogP contribution in [-0.4, -0.2) is 42.5 Å². The first-order valence-corrected chi connectivity index (χ1v) is 8.59. The average Bonchev–Trinajstić information content (AvgIpc) is 2.74. The molecule has 1 heterocycles. The number of rotatable bonds is 6. The van der Waals surface area contributed by atoms with Crippen LogP contribution in [0.15, 0.2) is 47.3 Å². The normalized spacial score (nSPS) is 10.4. The molecule has 0 radical (unpaired) electrons. The van der Waals surface area contributed by atoms with E-state index in [0.717, 1.165) is 4.68 Å². The third-order valence-corrected chi connectivity index (χ3v) is 4.17. The van der Waals surface area contributed by atoms with Gasteiger partial charge in [0.15, 0.2) is 12.3 Å². The second kappa shape index (κ2) is 8.42. The molecule has 0 saturated heterocycles. The molecule has 0 aliphatic carbocycles. The Morgan fingerprint density at radius 3 is 2.48 bits per heavy atom. The number of hydrogen-bond donors (Lipinski definition) is 1. The molecule has 1 amide bonds. The van der Waals surface area contributed by atoms with E-state index in [4.69, 9.17) is 14.2 Å². The maximum atomic E-state index is 12.5. The van der Waals surface area contributed by atoms with Crippen LogP contribution in [0, 0.1) is 0 Å². The molecule has 0 aliphatic heterocycles. The number of aryl methyl sites for hydroxylation is 1. The van der Waals surface area contributed by atoms with Gasteiger partial charge in [-0.25, -0.2) is 9.48 Å². The van der Waals surface area contributed by atoms with Gasteiger partial charge in [-0.1, -0.05) is 18.2 Å². The Labute approximate surface area is 165 Å². The number of hydrogen-bond acceptors (Lipinski definition) is 7. The predicted molar refractivity (Wildman–Crippen MR) is 105 cm³/mol. The van der Waals surface area contributed by atoms with E-state index < -0.39 is 18.5 Å². The quantitative estimate of drug-likeness (QED) is 0.631. The van der Waals surface area contributed by atoms with E-state index in [-0.39, 0.29) is 11.3 Å². The number of anilines is 1. The summed E-state index contributed by atoms with van der Waals surface area (Å²) in [5, 5.41) is 7.27. The summed E-state index contributed by atoms with van der Waals surface area (Å²) in [5.41, 5.74) is 0.0269. The first-order valence-electron chi connectivity index (χ1n) is 8.59. The number of nitrogens with one attached hydrogen (secondary N) is 1. The van der Waals surface area contributed by atoms with Crippen LogP contribution in [0.25, 0.3) is 10.8 Å². The minimum Gasteiger partial charge on any atom is -0.497 e. The van der Waals surface area contributed by atoms with Crippen LogP contribution in [0.5, 0.6) is 11.5 Å². The fourth-order valence-electron chi connectivity index (χ4n) is 2.74. The number of esters is 1. The Kier molecular flexibility index (Phi) is 5.77. The van der Waals surface area contributed by atoms with Crippen molar-refractivity contribution in [3.63, 3.8) is 0 Å². The SMILES string of the molecule is COc1ccc(NC(=O)COC(=O)c2nn(C)c(=O)c3ccccc23)c(OC)c1. The third-order valence-electron chi connectivity index (χ3n) is 4.17. The van der Waals surface area contributed by atoms with Crippen molar-refractivity contribution in [2.24, 2.45) is 7.05 Å². The molecule has 9 nitrogen and oxygen atoms in total. The van der Waals surface area contributed by atoms with Gasteiger partial charge in [0.05, 0.1) is 25.3 Å². The molecule has 0 saturated carbocycles. The number of carbonyl (C=O) groups is 2. The molecule has 29 heavy (non-hydrogen) atoms. The molecule has 1 N–H and O–H groups in total. The Bertz CT molecular complexity index is 1140. The van der Waals surface area contributed by atoms with E-state index >= 15 is 0 Å². The van der Waals surface area contributed by atoms with Crippen molar-refractivity contribution < 1.29 is 23.8 Å². The average molecular weight is 397 g/mol. The zero-order chi connectivity index (χ0) is 21.0. The van der Waals surface area contributed by atoms with E-state index in [0.29, 0.717) is 28.0 Å². The van der Waals surface area contributed by atoms with Gasteiger partial charge in [0, 0.05) is 18.5 Å². The monoisotopic (exact) mass is 397 g/mol. The van der Waals surface area contributed by atoms with Crippen LogP contribution in [0.2, 0.25) is 0 Å². The third kappa shape index (κ3) is 4.18. The van der Waals surface area contributed by atoms with Crippen LogP contribution in [0.3, 0.4) is 0 Å². The van der Waals surface area contributed by atoms with Crippen LogP contribution in [-0.2, 0) is 16.6 Å². The zero-order valence-corrected chi connectivity index (χ0v) is 16.1. The number of nitrogens with zero attached hydrogens (tertiary/aromatic N) is 2. The summed E-state index contributed by atoms with van der Waals surface area (Å²) in [6, 6.07) is 11.4. The van der Waals surface area contributed by atoms with Crippen molar-refractivity contribution >= 4 is 28.3 Å². The highest BCUT2D eigenvalue weighted by atomic mass is 16.5. The molecule has 150 valence electrons. The molecule has 9 heteroatoms. The van der Waals surface area contributed by atoms with E-state index in [9.17, 15) is 14.4 Å². The first-order chi connectivity index (χ1) is 13.9. The minimum absolute atomic E-state index is 0.0440. The highest BCUT2D eigenvalue weighted by molar-refractivity contribution is 6.03. The number of aromatic nitrogens is 2. The van der Waals surface area contributed by atoms with Crippen molar-refractivity contribution in [2.45, 2.75) is 0 Å². The van der Waals surface area contributed by atoms with Crippen LogP contribution in [0.4, 0.5) is 5.69 Å². The van der Waals surface area contributed by atoms with Gasteiger partial charge in [-0.2, -0.15) is 5.10 Å². The van der Waals surface area contributed by atoms with Gasteiger partial charge in [0.2, 0.25) is 0 Å². The number of amides is 1. The molecule has 0 spiro atoms. The highest BCUT2D eigenvalue weighted by Gasteiger charge is 2.18. The van der Waals surface area contributed by atoms with Gasteiger partial charge in [-0.15, -0.1) is 0 Å². The molecular weight excluding hydrogens is 378 g/mol. The Morgan fingerprint density at radius 2 is 1.79 bits per heavy atom. The summed E-state index contributed by atoms with van der Waals surface area (Å²) in [5.74, 6) is -0.404. The Morgan fingerprint density at radius 1 is 1.07 bits per heavy atom. The number of ether oxygens (including phenoxy) is 3. The lowest BCUT2D eigenvalue weighted by atomic mass is 10.1. The second-order valence-corrected chi connectivity index (χ2v) is 6.01. The number of methoxy groups -OCH3 is 2. The molecule has 3 rings (SSSR count). The molecule has 2 aromatic carbocycles. The summed E-state index contributed by atoms with van der Waals surface area (Å²) < 4.78 is 16.5. The van der Waals surface area contributed by atoms with Crippen molar-refractivity contribution in [1.29, 1.82) is 0 Å². The summed E-state index contributed by atoms with van der Waals surface area (Å²) in [7, 11) is 4.42. The summed E-state index contributed by atoms with van der Waals surface area (Å²) in [4.78, 5) is 36.8. The van der Waals surface area contributed by atoms with Crippen molar-refractivity contribution in [3.05, 3.63) is 58.5 Å². The fraction of sp³-hybridized carbons (Fsp3) is 0.200. The van der Waals surface area contributed by atoms with Gasteiger partial charge in [0.1, 0.15) is 11.5 Å². The topological polar surface area (TPSA) is 109 Å². The van der Waals surface area contributed by atoms with Gasteiger partial charge in [0.25, 0.3) is 11.5 Å². The largest absolute Gasteiger partial charge is 0.497 e. The molecule has 0 atom stereocenters. The van der Waals surface area contributed by atoms with Crippen LogP contribution < -0.4 is 20.3 Å². The van der Waals surface area contributed by atoms with E-state index in [1.54, 1.807) is 42.5 Å². The molecular formula is C20H19N3O6. The van der Waals surface area contributed by atoms with Crippen LogP contribution >= 0.6 is 0 Å². The van der Waals surface area contributed by atoms with E-state index in [1.165, 1.54) is 21.3 Å². The molecule has 0 unspecified atom stereocenters.